The molecule has 0 aromatic heterocycles. The first-order valence-corrected chi connectivity index (χ1v) is 8.51. The zero-order valence-electron chi connectivity index (χ0n) is 13.4. The molecule has 1 nitrogen and oxygen atoms in total. The molecule has 0 unspecified atom stereocenters. The van der Waals surface area contributed by atoms with Crippen molar-refractivity contribution in [3.63, 3.8) is 0 Å². The monoisotopic (exact) mass is 334 g/mol. The lowest BCUT2D eigenvalue weighted by Gasteiger charge is -2.10. The van der Waals surface area contributed by atoms with Crippen molar-refractivity contribution in [3.05, 3.63) is 102 Å². The summed E-state index contributed by atoms with van der Waals surface area (Å²) >= 11 is 5.67. The number of halogens is 1. The van der Waals surface area contributed by atoms with E-state index in [0.717, 1.165) is 11.3 Å². The molecule has 0 radical (unpaired) electrons. The van der Waals surface area contributed by atoms with E-state index in [9.17, 15) is 0 Å². The highest BCUT2D eigenvalue weighted by molar-refractivity contribution is 6.18. The van der Waals surface area contributed by atoms with E-state index in [4.69, 9.17) is 16.3 Å². The van der Waals surface area contributed by atoms with E-state index in [-0.39, 0.29) is 0 Å². The Hall–Kier alpha value is -2.51. The number of alkyl halides is 1. The third-order valence-corrected chi connectivity index (χ3v) is 3.86. The lowest BCUT2D eigenvalue weighted by molar-refractivity contribution is 0.343. The fourth-order valence-electron chi connectivity index (χ4n) is 2.55. The Morgan fingerprint density at radius 3 is 1.96 bits per heavy atom. The quantitative estimate of drug-likeness (QED) is 0.403. The fourth-order valence-corrected chi connectivity index (χ4v) is 2.63. The van der Waals surface area contributed by atoms with Crippen molar-refractivity contribution in [2.75, 3.05) is 12.5 Å². The summed E-state index contributed by atoms with van der Waals surface area (Å²) in [7, 11) is 0. The second kappa shape index (κ2) is 8.37. The second-order valence-electron chi connectivity index (χ2n) is 5.40. The topological polar surface area (TPSA) is 9.23 Å². The van der Waals surface area contributed by atoms with Crippen LogP contribution in [0.1, 0.15) is 16.7 Å². The lowest BCUT2D eigenvalue weighted by Crippen LogP contribution is -1.98. The molecule has 0 aliphatic heterocycles. The van der Waals surface area contributed by atoms with Gasteiger partial charge in [0.2, 0.25) is 0 Å². The molecular formula is C22H19ClO. The van der Waals surface area contributed by atoms with Gasteiger partial charge in [0.05, 0.1) is 5.88 Å². The smallest absolute Gasteiger partial charge is 0.119 e. The second-order valence-corrected chi connectivity index (χ2v) is 5.77. The van der Waals surface area contributed by atoms with E-state index < -0.39 is 0 Å². The van der Waals surface area contributed by atoms with Crippen molar-refractivity contribution >= 4 is 23.3 Å². The predicted octanol–water partition coefficient (Wildman–Crippen LogP) is 5.89. The van der Waals surface area contributed by atoms with E-state index in [1.807, 2.05) is 24.3 Å². The Morgan fingerprint density at radius 2 is 1.33 bits per heavy atom. The molecule has 3 rings (SSSR count). The molecule has 0 saturated carbocycles. The van der Waals surface area contributed by atoms with Crippen LogP contribution in [0.15, 0.2) is 84.9 Å². The lowest BCUT2D eigenvalue weighted by atomic mass is 9.95. The summed E-state index contributed by atoms with van der Waals surface area (Å²) in [6, 6.07) is 28.9. The third-order valence-electron chi connectivity index (χ3n) is 3.71. The molecular weight excluding hydrogens is 316 g/mol. The van der Waals surface area contributed by atoms with Gasteiger partial charge < -0.3 is 4.74 Å². The van der Waals surface area contributed by atoms with E-state index in [1.54, 1.807) is 0 Å². The number of benzene rings is 3. The minimum atomic E-state index is 0.491. The normalized spacial score (nSPS) is 11.3. The van der Waals surface area contributed by atoms with E-state index in [0.29, 0.717) is 12.5 Å². The highest BCUT2D eigenvalue weighted by Crippen LogP contribution is 2.27. The average molecular weight is 335 g/mol. The van der Waals surface area contributed by atoms with E-state index in [1.165, 1.54) is 16.7 Å². The number of hydrogen-bond acceptors (Lipinski definition) is 1. The van der Waals surface area contributed by atoms with Crippen molar-refractivity contribution in [3.8, 4) is 5.75 Å². The molecule has 24 heavy (non-hydrogen) atoms. The molecule has 0 aliphatic carbocycles. The van der Waals surface area contributed by atoms with Crippen LogP contribution in [0.4, 0.5) is 0 Å². The summed E-state index contributed by atoms with van der Waals surface area (Å²) < 4.78 is 5.56. The van der Waals surface area contributed by atoms with Crippen LogP contribution in [0, 0.1) is 0 Å². The average Bonchev–Trinajstić information content (AvgIpc) is 2.66. The first kappa shape index (κ1) is 16.4. The summed E-state index contributed by atoms with van der Waals surface area (Å²) in [4.78, 5) is 0. The molecule has 0 bridgehead atoms. The maximum Gasteiger partial charge on any atom is 0.119 e. The largest absolute Gasteiger partial charge is 0.492 e. The Kier molecular flexibility index (Phi) is 5.70. The molecule has 0 atom stereocenters. The predicted molar refractivity (Wildman–Crippen MR) is 103 cm³/mol. The molecule has 0 spiro atoms. The SMILES string of the molecule is ClCCOc1ccc(C(=Cc2ccccc2)c2ccccc2)cc1. The highest BCUT2D eigenvalue weighted by atomic mass is 35.5. The van der Waals surface area contributed by atoms with E-state index >= 15 is 0 Å². The van der Waals surface area contributed by atoms with Crippen LogP contribution >= 0.6 is 11.6 Å². The zero-order valence-corrected chi connectivity index (χ0v) is 14.1. The molecule has 3 aromatic carbocycles. The minimum absolute atomic E-state index is 0.491. The Labute approximate surface area is 148 Å². The Morgan fingerprint density at radius 1 is 0.750 bits per heavy atom. The van der Waals surface area contributed by atoms with Gasteiger partial charge in [-0.1, -0.05) is 72.8 Å². The van der Waals surface area contributed by atoms with Gasteiger partial charge in [-0.2, -0.15) is 0 Å². The molecule has 0 amide bonds. The van der Waals surface area contributed by atoms with Crippen molar-refractivity contribution in [2.24, 2.45) is 0 Å². The van der Waals surface area contributed by atoms with Crippen LogP contribution in [0.3, 0.4) is 0 Å². The van der Waals surface area contributed by atoms with Crippen molar-refractivity contribution in [1.82, 2.24) is 0 Å². The van der Waals surface area contributed by atoms with Gasteiger partial charge in [0, 0.05) is 0 Å². The van der Waals surface area contributed by atoms with Gasteiger partial charge in [0.25, 0.3) is 0 Å². The van der Waals surface area contributed by atoms with Crippen LogP contribution in [0.5, 0.6) is 5.75 Å². The highest BCUT2D eigenvalue weighted by Gasteiger charge is 2.06. The third kappa shape index (κ3) is 4.27. The van der Waals surface area contributed by atoms with Crippen LogP contribution in [-0.2, 0) is 0 Å². The summed E-state index contributed by atoms with van der Waals surface area (Å²) in [6.07, 6.45) is 2.21. The summed E-state index contributed by atoms with van der Waals surface area (Å²) in [5, 5.41) is 0. The van der Waals surface area contributed by atoms with Crippen molar-refractivity contribution in [1.29, 1.82) is 0 Å². The van der Waals surface area contributed by atoms with Gasteiger partial charge in [-0.15, -0.1) is 11.6 Å². The summed E-state index contributed by atoms with van der Waals surface area (Å²) in [5.74, 6) is 1.33. The van der Waals surface area contributed by atoms with Crippen LogP contribution in [-0.4, -0.2) is 12.5 Å². The Balaban J connectivity index is 1.97. The van der Waals surface area contributed by atoms with Gasteiger partial charge >= 0.3 is 0 Å². The van der Waals surface area contributed by atoms with Crippen molar-refractivity contribution in [2.45, 2.75) is 0 Å². The molecule has 0 N–H and O–H groups in total. The van der Waals surface area contributed by atoms with Crippen LogP contribution in [0.2, 0.25) is 0 Å². The number of rotatable bonds is 6. The molecule has 3 aromatic rings. The van der Waals surface area contributed by atoms with Crippen molar-refractivity contribution < 1.29 is 4.74 Å². The molecule has 2 heteroatoms. The first-order chi connectivity index (χ1) is 11.9. The minimum Gasteiger partial charge on any atom is -0.492 e. The summed E-state index contributed by atoms with van der Waals surface area (Å²) in [6.45, 7) is 0.520. The summed E-state index contributed by atoms with van der Waals surface area (Å²) in [5.41, 5.74) is 4.71. The molecule has 0 aliphatic rings. The van der Waals surface area contributed by atoms with Gasteiger partial charge in [-0.05, 0) is 40.5 Å². The number of ether oxygens (including phenoxy) is 1. The van der Waals surface area contributed by atoms with Crippen LogP contribution in [0.25, 0.3) is 11.6 Å². The molecule has 120 valence electrons. The molecule has 0 saturated heterocycles. The maximum absolute atomic E-state index is 5.67. The maximum atomic E-state index is 5.67. The fraction of sp³-hybridized carbons (Fsp3) is 0.0909. The number of hydrogen-bond donors (Lipinski definition) is 0. The first-order valence-electron chi connectivity index (χ1n) is 7.98. The Bertz CT molecular complexity index is 777. The van der Waals surface area contributed by atoms with Gasteiger partial charge in [-0.25, -0.2) is 0 Å². The van der Waals surface area contributed by atoms with Gasteiger partial charge in [0.1, 0.15) is 12.4 Å². The van der Waals surface area contributed by atoms with Gasteiger partial charge in [0.15, 0.2) is 0 Å². The van der Waals surface area contributed by atoms with Crippen LogP contribution < -0.4 is 4.74 Å². The van der Waals surface area contributed by atoms with Gasteiger partial charge in [-0.3, -0.25) is 0 Å². The molecule has 0 fully saturated rings. The molecule has 0 heterocycles. The standard InChI is InChI=1S/C22H19ClO/c23-15-16-24-21-13-11-20(12-14-21)22(19-9-5-2-6-10-19)17-18-7-3-1-4-8-18/h1-14,17H,15-16H2. The van der Waals surface area contributed by atoms with E-state index in [2.05, 4.69) is 66.7 Å². The zero-order chi connectivity index (χ0) is 16.6.